The van der Waals surface area contributed by atoms with Gasteiger partial charge in [-0.1, -0.05) is 44.2 Å². The van der Waals surface area contributed by atoms with E-state index in [4.69, 9.17) is 16.3 Å². The van der Waals surface area contributed by atoms with Crippen molar-refractivity contribution < 1.29 is 19.1 Å². The van der Waals surface area contributed by atoms with E-state index in [2.05, 4.69) is 55.0 Å². The second-order valence-electron chi connectivity index (χ2n) is 11.4. The number of aromatic nitrogens is 2. The Kier molecular flexibility index (Phi) is 12.8. The molecule has 3 amide bonds. The number of ether oxygens (including phenoxy) is 1. The molecule has 13 heteroatoms. The van der Waals surface area contributed by atoms with Gasteiger partial charge in [0, 0.05) is 48.7 Å². The van der Waals surface area contributed by atoms with Crippen LogP contribution in [0.25, 0.3) is 0 Å². The molecule has 1 aromatic heterocycles. The highest BCUT2D eigenvalue weighted by Crippen LogP contribution is 2.35. The maximum Gasteiger partial charge on any atom is 0.253 e. The number of piperidine rings is 1. The number of para-hydroxylation sites is 1. The average molecular weight is 699 g/mol. The SMILES string of the molecule is C=CC(=O)Nc1ccc(C(=O)NC2(C)CCN(c3ccc(Nc4ncc(Cl)c(Nc5ccccc5C(=O)NC)n4)c(OC)c3)CC2)cc1.CC. The Hall–Kier alpha value is -5.62. The molecule has 0 unspecified atom stereocenters. The molecule has 0 atom stereocenters. The lowest BCUT2D eigenvalue weighted by Gasteiger charge is -2.41. The summed E-state index contributed by atoms with van der Waals surface area (Å²) in [6.07, 6.45) is 4.15. The van der Waals surface area contributed by atoms with Gasteiger partial charge in [0.05, 0.1) is 30.2 Å². The molecule has 5 rings (SSSR count). The van der Waals surface area contributed by atoms with Gasteiger partial charge < -0.3 is 36.2 Å². The van der Waals surface area contributed by atoms with Crippen molar-refractivity contribution in [2.45, 2.75) is 39.2 Å². The largest absolute Gasteiger partial charge is 0.494 e. The fourth-order valence-corrected chi connectivity index (χ4v) is 5.43. The summed E-state index contributed by atoms with van der Waals surface area (Å²) in [5.74, 6) is 0.497. The lowest BCUT2D eigenvalue weighted by molar-refractivity contribution is -0.111. The zero-order valence-corrected chi connectivity index (χ0v) is 29.6. The van der Waals surface area contributed by atoms with E-state index in [9.17, 15) is 14.4 Å². The van der Waals surface area contributed by atoms with E-state index in [0.29, 0.717) is 39.8 Å². The number of rotatable bonds is 11. The van der Waals surface area contributed by atoms with E-state index >= 15 is 0 Å². The molecule has 1 aliphatic heterocycles. The molecule has 0 radical (unpaired) electrons. The fourth-order valence-electron chi connectivity index (χ4n) is 5.30. The third-order valence-electron chi connectivity index (χ3n) is 8.07. The molecule has 0 aliphatic carbocycles. The number of carbonyl (C=O) groups excluding carboxylic acids is 3. The summed E-state index contributed by atoms with van der Waals surface area (Å²) >= 11 is 6.40. The standard InChI is InChI=1S/C35H37ClN8O4.C2H6/c1-5-30(45)39-23-12-10-22(11-13-23)32(46)43-35(2)16-18-44(19-17-35)24-14-15-28(29(20-24)48-4)41-34-38-21-26(36)31(42-34)40-27-9-7-6-8-25(27)33(47)37-3;1-2/h5-15,20-21H,1,16-19H2,2-4H3,(H,37,47)(H,39,45)(H,43,46)(H2,38,40,41,42);1-2H3. The van der Waals surface area contributed by atoms with Crippen molar-refractivity contribution in [3.8, 4) is 5.75 Å². The molecule has 3 aromatic carbocycles. The van der Waals surface area contributed by atoms with Crippen molar-refractivity contribution in [1.29, 1.82) is 0 Å². The Labute approximate surface area is 297 Å². The summed E-state index contributed by atoms with van der Waals surface area (Å²) in [6, 6.07) is 19.7. The molecule has 0 bridgehead atoms. The highest BCUT2D eigenvalue weighted by molar-refractivity contribution is 6.33. The molecule has 1 fully saturated rings. The molecule has 1 aliphatic rings. The number of carbonyl (C=O) groups is 3. The maximum absolute atomic E-state index is 13.0. The van der Waals surface area contributed by atoms with Gasteiger partial charge in [-0.15, -0.1) is 0 Å². The van der Waals surface area contributed by atoms with Gasteiger partial charge in [0.1, 0.15) is 10.8 Å². The Morgan fingerprint density at radius 1 is 0.960 bits per heavy atom. The Bertz CT molecular complexity index is 1820. The van der Waals surface area contributed by atoms with Gasteiger partial charge >= 0.3 is 0 Å². The van der Waals surface area contributed by atoms with E-state index in [-0.39, 0.29) is 34.2 Å². The third-order valence-corrected chi connectivity index (χ3v) is 8.35. The van der Waals surface area contributed by atoms with E-state index in [1.165, 1.54) is 12.3 Å². The summed E-state index contributed by atoms with van der Waals surface area (Å²) in [5, 5.41) is 15.1. The first-order valence-corrected chi connectivity index (χ1v) is 16.7. The number of hydrogen-bond acceptors (Lipinski definition) is 9. The number of anilines is 6. The van der Waals surface area contributed by atoms with Crippen LogP contribution in [0.15, 0.2) is 85.6 Å². The predicted octanol–water partition coefficient (Wildman–Crippen LogP) is 6.93. The zero-order valence-electron chi connectivity index (χ0n) is 28.9. The highest BCUT2D eigenvalue weighted by Gasteiger charge is 2.32. The average Bonchev–Trinajstić information content (AvgIpc) is 3.14. The summed E-state index contributed by atoms with van der Waals surface area (Å²) in [7, 11) is 3.16. The number of hydrogen-bond donors (Lipinski definition) is 5. The lowest BCUT2D eigenvalue weighted by atomic mass is 9.89. The number of nitrogens with one attached hydrogen (secondary N) is 5. The molecule has 0 spiro atoms. The van der Waals surface area contributed by atoms with Gasteiger partial charge in [-0.2, -0.15) is 4.98 Å². The van der Waals surface area contributed by atoms with Gasteiger partial charge in [-0.05, 0) is 74.4 Å². The normalized spacial score (nSPS) is 13.1. The van der Waals surface area contributed by atoms with Gasteiger partial charge in [0.2, 0.25) is 11.9 Å². The summed E-state index contributed by atoms with van der Waals surface area (Å²) in [4.78, 5) is 48.0. The Balaban J connectivity index is 0.00000276. The minimum absolute atomic E-state index is 0.164. The van der Waals surface area contributed by atoms with Crippen LogP contribution in [0.4, 0.5) is 34.5 Å². The molecule has 5 N–H and O–H groups in total. The second kappa shape index (κ2) is 17.2. The molecule has 4 aromatic rings. The van der Waals surface area contributed by atoms with Gasteiger partial charge in [0.25, 0.3) is 11.8 Å². The molecule has 12 nitrogen and oxygen atoms in total. The molecule has 1 saturated heterocycles. The maximum atomic E-state index is 13.0. The molecular formula is C37H43ClN8O4. The van der Waals surface area contributed by atoms with Crippen molar-refractivity contribution in [3.05, 3.63) is 102 Å². The van der Waals surface area contributed by atoms with Crippen molar-refractivity contribution in [2.75, 3.05) is 48.1 Å². The highest BCUT2D eigenvalue weighted by atomic mass is 35.5. The van der Waals surface area contributed by atoms with Crippen LogP contribution in [0.5, 0.6) is 5.75 Å². The molecular weight excluding hydrogens is 656 g/mol. The first-order valence-electron chi connectivity index (χ1n) is 16.3. The third kappa shape index (κ3) is 9.29. The smallest absolute Gasteiger partial charge is 0.253 e. The summed E-state index contributed by atoms with van der Waals surface area (Å²) in [5.41, 5.74) is 3.36. The van der Waals surface area contributed by atoms with E-state index < -0.39 is 0 Å². The van der Waals surface area contributed by atoms with Crippen LogP contribution in [0.1, 0.15) is 54.3 Å². The fraction of sp³-hybridized carbons (Fsp3) is 0.270. The summed E-state index contributed by atoms with van der Waals surface area (Å²) in [6.45, 7) is 11.0. The molecule has 50 heavy (non-hydrogen) atoms. The number of halogens is 1. The van der Waals surface area contributed by atoms with E-state index in [1.54, 1.807) is 56.6 Å². The quantitative estimate of drug-likeness (QED) is 0.105. The van der Waals surface area contributed by atoms with Crippen molar-refractivity contribution in [3.63, 3.8) is 0 Å². The minimum atomic E-state index is -0.382. The van der Waals surface area contributed by atoms with Gasteiger partial charge in [-0.3, -0.25) is 14.4 Å². The first kappa shape index (κ1) is 37.2. The van der Waals surface area contributed by atoms with Crippen LogP contribution in [0.2, 0.25) is 5.02 Å². The Morgan fingerprint density at radius 2 is 1.66 bits per heavy atom. The van der Waals surface area contributed by atoms with Crippen molar-refractivity contribution in [1.82, 2.24) is 20.6 Å². The Morgan fingerprint density at radius 3 is 2.32 bits per heavy atom. The number of amides is 3. The first-order chi connectivity index (χ1) is 24.1. The second-order valence-corrected chi connectivity index (χ2v) is 11.8. The predicted molar refractivity (Wildman–Crippen MR) is 200 cm³/mol. The van der Waals surface area contributed by atoms with Crippen LogP contribution < -0.4 is 36.2 Å². The topological polar surface area (TPSA) is 150 Å². The molecule has 2 heterocycles. The minimum Gasteiger partial charge on any atom is -0.494 e. The van der Waals surface area contributed by atoms with Crippen LogP contribution in [-0.2, 0) is 4.79 Å². The van der Waals surface area contributed by atoms with Crippen LogP contribution in [0, 0.1) is 0 Å². The lowest BCUT2D eigenvalue weighted by Crippen LogP contribution is -2.53. The van der Waals surface area contributed by atoms with Crippen LogP contribution in [0.3, 0.4) is 0 Å². The number of methoxy groups -OCH3 is 1. The monoisotopic (exact) mass is 698 g/mol. The molecule has 0 saturated carbocycles. The number of nitrogens with zero attached hydrogens (tertiary/aromatic N) is 3. The molecule has 262 valence electrons. The van der Waals surface area contributed by atoms with E-state index in [1.807, 2.05) is 38.1 Å². The zero-order chi connectivity index (χ0) is 36.3. The van der Waals surface area contributed by atoms with Crippen molar-refractivity contribution in [2.24, 2.45) is 0 Å². The van der Waals surface area contributed by atoms with Crippen molar-refractivity contribution >= 4 is 63.8 Å². The number of benzene rings is 3. The van der Waals surface area contributed by atoms with Gasteiger partial charge in [-0.25, -0.2) is 4.98 Å². The van der Waals surface area contributed by atoms with Crippen LogP contribution >= 0.6 is 11.6 Å². The van der Waals surface area contributed by atoms with Crippen LogP contribution in [-0.4, -0.2) is 60.5 Å². The summed E-state index contributed by atoms with van der Waals surface area (Å²) < 4.78 is 5.72. The van der Waals surface area contributed by atoms with Gasteiger partial charge in [0.15, 0.2) is 5.82 Å². The van der Waals surface area contributed by atoms with E-state index in [0.717, 1.165) is 31.6 Å².